The van der Waals surface area contributed by atoms with Gasteiger partial charge in [-0.2, -0.15) is 13.8 Å². The molecule has 4 heterocycles. The second-order valence-electron chi connectivity index (χ2n) is 12.6. The van der Waals surface area contributed by atoms with Crippen LogP contribution < -0.4 is 25.0 Å². The summed E-state index contributed by atoms with van der Waals surface area (Å²) in [6.45, 7) is 5.21. The van der Waals surface area contributed by atoms with Crippen LogP contribution in [0.15, 0.2) is 48.5 Å². The molecule has 13 heteroatoms. The van der Waals surface area contributed by atoms with Gasteiger partial charge in [0.15, 0.2) is 0 Å². The molecule has 2 N–H and O–H groups in total. The summed E-state index contributed by atoms with van der Waals surface area (Å²) < 4.78 is 42.0. The Kier molecular flexibility index (Phi) is 7.03. The van der Waals surface area contributed by atoms with Gasteiger partial charge in [0.1, 0.15) is 16.9 Å². The van der Waals surface area contributed by atoms with E-state index in [1.54, 1.807) is 35.2 Å². The molecular weight excluding hydrogens is 586 g/mol. The van der Waals surface area contributed by atoms with Crippen molar-refractivity contribution in [3.63, 3.8) is 0 Å². The SMILES string of the molecule is CCN1CC(C)(C)Oc2nc(N3CC4OC5CCC54C3)nc(-c3ccc(NC(=O)Nc4cccc(OC(F)F)c4)cc3)c2C1=O. The van der Waals surface area contributed by atoms with E-state index >= 15 is 0 Å². The molecule has 7 rings (SSSR count). The Morgan fingerprint density at radius 1 is 1.09 bits per heavy atom. The highest BCUT2D eigenvalue weighted by atomic mass is 19.3. The molecule has 45 heavy (non-hydrogen) atoms. The Morgan fingerprint density at radius 2 is 1.87 bits per heavy atom. The summed E-state index contributed by atoms with van der Waals surface area (Å²) in [6.07, 6.45) is 2.67. The van der Waals surface area contributed by atoms with Crippen molar-refractivity contribution in [3.05, 3.63) is 54.1 Å². The van der Waals surface area contributed by atoms with Crippen molar-refractivity contribution in [1.82, 2.24) is 14.9 Å². The molecule has 3 fully saturated rings. The summed E-state index contributed by atoms with van der Waals surface area (Å²) in [5, 5.41) is 5.34. The first-order valence-electron chi connectivity index (χ1n) is 15.1. The van der Waals surface area contributed by atoms with E-state index in [-0.39, 0.29) is 34.7 Å². The molecule has 2 saturated heterocycles. The summed E-state index contributed by atoms with van der Waals surface area (Å²) >= 11 is 0. The maximum Gasteiger partial charge on any atom is 0.387 e. The molecule has 3 amide bonds. The van der Waals surface area contributed by atoms with Crippen molar-refractivity contribution >= 4 is 29.3 Å². The lowest BCUT2D eigenvalue weighted by atomic mass is 9.60. The Hall–Kier alpha value is -4.52. The molecule has 1 aromatic heterocycles. The number of nitrogens with zero attached hydrogens (tertiary/aromatic N) is 4. The average molecular weight is 621 g/mol. The maximum absolute atomic E-state index is 13.9. The Labute approximate surface area is 258 Å². The van der Waals surface area contributed by atoms with Gasteiger partial charge in [-0.05, 0) is 57.9 Å². The number of ether oxygens (including phenoxy) is 3. The van der Waals surface area contributed by atoms with Crippen LogP contribution in [0.25, 0.3) is 11.3 Å². The first-order valence-corrected chi connectivity index (χ1v) is 15.1. The molecule has 0 bridgehead atoms. The summed E-state index contributed by atoms with van der Waals surface area (Å²) in [7, 11) is 0. The molecule has 236 valence electrons. The third-order valence-corrected chi connectivity index (χ3v) is 9.06. The number of hydrogen-bond donors (Lipinski definition) is 2. The number of likely N-dealkylation sites (N-methyl/N-ethyl adjacent to an activating group) is 1. The molecule has 0 radical (unpaired) electrons. The maximum atomic E-state index is 13.9. The molecule has 3 aliphatic heterocycles. The summed E-state index contributed by atoms with van der Waals surface area (Å²) in [5.41, 5.74) is 1.66. The van der Waals surface area contributed by atoms with Gasteiger partial charge in [0.05, 0.1) is 24.4 Å². The molecule has 4 aliphatic rings. The Bertz CT molecular complexity index is 1650. The van der Waals surface area contributed by atoms with Crippen molar-refractivity contribution < 1.29 is 32.6 Å². The van der Waals surface area contributed by atoms with Crippen LogP contribution in [0.5, 0.6) is 11.6 Å². The predicted molar refractivity (Wildman–Crippen MR) is 162 cm³/mol. The first-order chi connectivity index (χ1) is 21.5. The van der Waals surface area contributed by atoms with E-state index in [2.05, 4.69) is 20.3 Å². The van der Waals surface area contributed by atoms with Crippen LogP contribution in [0.2, 0.25) is 0 Å². The highest BCUT2D eigenvalue weighted by molar-refractivity contribution is 6.03. The van der Waals surface area contributed by atoms with Crippen LogP contribution in [0.1, 0.15) is 44.0 Å². The van der Waals surface area contributed by atoms with Gasteiger partial charge in [-0.25, -0.2) is 9.78 Å². The Morgan fingerprint density at radius 3 is 2.53 bits per heavy atom. The number of carbonyl (C=O) groups excluding carboxylic acids is 2. The van der Waals surface area contributed by atoms with Crippen LogP contribution in [0.4, 0.5) is 30.9 Å². The van der Waals surface area contributed by atoms with Gasteiger partial charge in [-0.3, -0.25) is 4.79 Å². The van der Waals surface area contributed by atoms with Crippen LogP contribution >= 0.6 is 0 Å². The molecule has 1 spiro atoms. The number of nitrogens with one attached hydrogen (secondary N) is 2. The first kappa shape index (κ1) is 29.2. The highest BCUT2D eigenvalue weighted by Crippen LogP contribution is 2.59. The fourth-order valence-electron chi connectivity index (χ4n) is 6.79. The van der Waals surface area contributed by atoms with Crippen molar-refractivity contribution in [1.29, 1.82) is 0 Å². The van der Waals surface area contributed by atoms with E-state index in [0.29, 0.717) is 54.2 Å². The van der Waals surface area contributed by atoms with E-state index in [9.17, 15) is 18.4 Å². The molecule has 3 atom stereocenters. The number of aromatic nitrogens is 2. The topological polar surface area (TPSA) is 118 Å². The van der Waals surface area contributed by atoms with Crippen molar-refractivity contribution in [3.8, 4) is 22.9 Å². The van der Waals surface area contributed by atoms with Gasteiger partial charge in [0, 0.05) is 48.1 Å². The lowest BCUT2D eigenvalue weighted by molar-refractivity contribution is -0.279. The van der Waals surface area contributed by atoms with Gasteiger partial charge in [-0.15, -0.1) is 0 Å². The van der Waals surface area contributed by atoms with E-state index in [1.807, 2.05) is 20.8 Å². The minimum Gasteiger partial charge on any atom is -0.469 e. The quantitative estimate of drug-likeness (QED) is 0.361. The number of carbonyl (C=O) groups is 2. The standard InChI is InChI=1S/C32H34F2N6O5/c1-4-39-16-31(2,3)45-26-24(27(39)41)25(37-29(38-26)40-15-23-32(17-40)13-12-22(32)44-23)18-8-10-19(11-9-18)35-30(42)36-20-6-5-7-21(14-20)43-28(33)34/h5-11,14,22-23,28H,4,12-13,15-17H2,1-3H3,(H2,35,36,42). The summed E-state index contributed by atoms with van der Waals surface area (Å²) in [5.74, 6) is 0.473. The van der Waals surface area contributed by atoms with Gasteiger partial charge in [-0.1, -0.05) is 18.2 Å². The number of urea groups is 1. The highest BCUT2D eigenvalue weighted by Gasteiger charge is 2.66. The zero-order chi connectivity index (χ0) is 31.5. The van der Waals surface area contributed by atoms with E-state index < -0.39 is 18.2 Å². The number of anilines is 3. The predicted octanol–water partition coefficient (Wildman–Crippen LogP) is 5.39. The zero-order valence-corrected chi connectivity index (χ0v) is 25.2. The average Bonchev–Trinajstić information content (AvgIpc) is 3.31. The molecule has 1 aliphatic carbocycles. The Balaban J connectivity index is 1.17. The van der Waals surface area contributed by atoms with E-state index in [0.717, 1.165) is 19.4 Å². The number of alkyl halides is 2. The largest absolute Gasteiger partial charge is 0.469 e. The van der Waals surface area contributed by atoms with Gasteiger partial charge >= 0.3 is 12.6 Å². The van der Waals surface area contributed by atoms with Gasteiger partial charge < -0.3 is 34.6 Å². The van der Waals surface area contributed by atoms with Crippen LogP contribution in [-0.2, 0) is 4.74 Å². The number of benzene rings is 2. The van der Waals surface area contributed by atoms with Crippen LogP contribution in [0.3, 0.4) is 0 Å². The number of rotatable bonds is 7. The fourth-order valence-corrected chi connectivity index (χ4v) is 6.79. The summed E-state index contributed by atoms with van der Waals surface area (Å²) in [6, 6.07) is 12.1. The number of halogens is 2. The fraction of sp³-hybridized carbons (Fsp3) is 0.438. The third kappa shape index (κ3) is 5.28. The smallest absolute Gasteiger partial charge is 0.387 e. The van der Waals surface area contributed by atoms with Crippen LogP contribution in [0, 0.1) is 5.41 Å². The number of hydrogen-bond acceptors (Lipinski definition) is 8. The van der Waals surface area contributed by atoms with Gasteiger partial charge in [0.2, 0.25) is 11.8 Å². The molecule has 1 saturated carbocycles. The third-order valence-electron chi connectivity index (χ3n) is 9.06. The van der Waals surface area contributed by atoms with Crippen molar-refractivity contribution in [2.45, 2.75) is 58.0 Å². The molecular formula is C32H34F2N6O5. The number of amides is 3. The second kappa shape index (κ2) is 10.8. The molecule has 2 aromatic carbocycles. The lowest BCUT2D eigenvalue weighted by Crippen LogP contribution is -2.65. The van der Waals surface area contributed by atoms with Crippen LogP contribution in [-0.4, -0.2) is 77.4 Å². The minimum atomic E-state index is -2.97. The van der Waals surface area contributed by atoms with E-state index in [1.165, 1.54) is 18.2 Å². The second-order valence-corrected chi connectivity index (χ2v) is 12.6. The zero-order valence-electron chi connectivity index (χ0n) is 25.2. The molecule has 3 aromatic rings. The van der Waals surface area contributed by atoms with Gasteiger partial charge in [0.25, 0.3) is 5.91 Å². The monoisotopic (exact) mass is 620 g/mol. The lowest BCUT2D eigenvalue weighted by Gasteiger charge is -2.59. The van der Waals surface area contributed by atoms with E-state index in [4.69, 9.17) is 19.4 Å². The summed E-state index contributed by atoms with van der Waals surface area (Å²) in [4.78, 5) is 40.2. The minimum absolute atomic E-state index is 0.0691. The molecule has 11 nitrogen and oxygen atoms in total. The number of fused-ring (bicyclic) bond motifs is 1. The normalized spacial score (nSPS) is 24.4. The van der Waals surface area contributed by atoms with Crippen molar-refractivity contribution in [2.24, 2.45) is 5.41 Å². The van der Waals surface area contributed by atoms with Crippen molar-refractivity contribution in [2.75, 3.05) is 41.7 Å². The molecule has 3 unspecified atom stereocenters.